The van der Waals surface area contributed by atoms with Gasteiger partial charge in [-0.3, -0.25) is 4.98 Å². The summed E-state index contributed by atoms with van der Waals surface area (Å²) in [7, 11) is -3.54. The van der Waals surface area contributed by atoms with Crippen molar-refractivity contribution in [3.8, 4) is 0 Å². The SMILES string of the molecule is Cc1ccc(S(=O)(=O)NCCCl)c2cccnc12. The van der Waals surface area contributed by atoms with Crippen molar-refractivity contribution in [3.05, 3.63) is 36.0 Å². The van der Waals surface area contributed by atoms with Crippen LogP contribution >= 0.6 is 11.6 Å². The summed E-state index contributed by atoms with van der Waals surface area (Å²) in [6.45, 7) is 2.11. The molecule has 0 radical (unpaired) electrons. The zero-order chi connectivity index (χ0) is 13.2. The third-order valence-corrected chi connectivity index (χ3v) is 4.32. The van der Waals surface area contributed by atoms with E-state index < -0.39 is 10.0 Å². The van der Waals surface area contributed by atoms with Crippen LogP contribution in [0.15, 0.2) is 35.4 Å². The maximum Gasteiger partial charge on any atom is 0.241 e. The third-order valence-electron chi connectivity index (χ3n) is 2.61. The number of pyridine rings is 1. The highest BCUT2D eigenvalue weighted by Crippen LogP contribution is 2.23. The molecule has 0 aliphatic carbocycles. The summed E-state index contributed by atoms with van der Waals surface area (Å²) in [5, 5.41) is 0.625. The first kappa shape index (κ1) is 13.3. The molecule has 0 saturated heterocycles. The Balaban J connectivity index is 2.62. The van der Waals surface area contributed by atoms with Gasteiger partial charge in [0.1, 0.15) is 0 Å². The van der Waals surface area contributed by atoms with Crippen LogP contribution in [-0.2, 0) is 10.0 Å². The highest BCUT2D eigenvalue weighted by atomic mass is 35.5. The monoisotopic (exact) mass is 284 g/mol. The lowest BCUT2D eigenvalue weighted by atomic mass is 10.1. The number of hydrogen-bond donors (Lipinski definition) is 1. The summed E-state index contributed by atoms with van der Waals surface area (Å²) in [4.78, 5) is 4.45. The Morgan fingerprint density at radius 2 is 2.11 bits per heavy atom. The van der Waals surface area contributed by atoms with E-state index in [0.29, 0.717) is 10.9 Å². The maximum absolute atomic E-state index is 12.1. The quantitative estimate of drug-likeness (QED) is 0.874. The molecule has 0 saturated carbocycles. The summed E-state index contributed by atoms with van der Waals surface area (Å²) in [6, 6.07) is 6.83. The maximum atomic E-state index is 12.1. The minimum absolute atomic E-state index is 0.208. The lowest BCUT2D eigenvalue weighted by Gasteiger charge is -2.09. The molecule has 2 aromatic rings. The van der Waals surface area contributed by atoms with Gasteiger partial charge < -0.3 is 0 Å². The smallest absolute Gasteiger partial charge is 0.241 e. The Hall–Kier alpha value is -1.17. The van der Waals surface area contributed by atoms with E-state index in [4.69, 9.17) is 11.6 Å². The summed E-state index contributed by atoms with van der Waals surface area (Å²) in [5.74, 6) is 0.237. The molecule has 1 aromatic heterocycles. The number of rotatable bonds is 4. The van der Waals surface area contributed by atoms with E-state index in [2.05, 4.69) is 9.71 Å². The Morgan fingerprint density at radius 3 is 2.83 bits per heavy atom. The van der Waals surface area contributed by atoms with Crippen molar-refractivity contribution < 1.29 is 8.42 Å². The number of aryl methyl sites for hydroxylation is 1. The third kappa shape index (κ3) is 2.48. The standard InChI is InChI=1S/C12H13ClN2O2S/c1-9-4-5-11(18(16,17)15-8-6-13)10-3-2-7-14-12(9)10/h2-5,7,15H,6,8H2,1H3. The highest BCUT2D eigenvalue weighted by Gasteiger charge is 2.17. The van der Waals surface area contributed by atoms with Crippen LogP contribution in [0.4, 0.5) is 0 Å². The molecule has 0 amide bonds. The van der Waals surface area contributed by atoms with Gasteiger partial charge in [-0.25, -0.2) is 13.1 Å². The average Bonchev–Trinajstić information content (AvgIpc) is 2.37. The van der Waals surface area contributed by atoms with E-state index in [1.165, 1.54) is 0 Å². The first-order chi connectivity index (χ1) is 8.56. The van der Waals surface area contributed by atoms with Gasteiger partial charge in [0.25, 0.3) is 0 Å². The van der Waals surface area contributed by atoms with Gasteiger partial charge in [0.2, 0.25) is 10.0 Å². The number of hydrogen-bond acceptors (Lipinski definition) is 3. The number of aromatic nitrogens is 1. The van der Waals surface area contributed by atoms with Crippen LogP contribution < -0.4 is 4.72 Å². The second-order valence-electron chi connectivity index (χ2n) is 3.87. The van der Waals surface area contributed by atoms with E-state index in [-0.39, 0.29) is 17.3 Å². The van der Waals surface area contributed by atoms with Gasteiger partial charge >= 0.3 is 0 Å². The summed E-state index contributed by atoms with van der Waals surface area (Å²) < 4.78 is 26.7. The normalized spacial score (nSPS) is 11.9. The number of nitrogens with zero attached hydrogens (tertiary/aromatic N) is 1. The predicted octanol–water partition coefficient (Wildman–Crippen LogP) is 2.06. The Kier molecular flexibility index (Phi) is 3.85. The molecule has 1 N–H and O–H groups in total. The molecule has 18 heavy (non-hydrogen) atoms. The number of alkyl halides is 1. The second kappa shape index (κ2) is 5.22. The fraction of sp³-hybridized carbons (Fsp3) is 0.250. The second-order valence-corrected chi connectivity index (χ2v) is 5.98. The van der Waals surface area contributed by atoms with Gasteiger partial charge in [-0.05, 0) is 30.7 Å². The van der Waals surface area contributed by atoms with E-state index in [1.807, 2.05) is 6.92 Å². The van der Waals surface area contributed by atoms with Crippen molar-refractivity contribution in [1.82, 2.24) is 9.71 Å². The van der Waals surface area contributed by atoms with Gasteiger partial charge in [0.15, 0.2) is 0 Å². The summed E-state index contributed by atoms with van der Waals surface area (Å²) >= 11 is 5.50. The Morgan fingerprint density at radius 1 is 1.33 bits per heavy atom. The first-order valence-electron chi connectivity index (χ1n) is 5.46. The largest absolute Gasteiger partial charge is 0.256 e. The van der Waals surface area contributed by atoms with Crippen LogP contribution in [0.3, 0.4) is 0 Å². The van der Waals surface area contributed by atoms with E-state index in [9.17, 15) is 8.42 Å². The minimum atomic E-state index is -3.54. The number of benzene rings is 1. The molecule has 0 fully saturated rings. The van der Waals surface area contributed by atoms with Gasteiger partial charge in [0, 0.05) is 24.0 Å². The lowest BCUT2D eigenvalue weighted by Crippen LogP contribution is -2.25. The van der Waals surface area contributed by atoms with Crippen molar-refractivity contribution in [2.75, 3.05) is 12.4 Å². The number of nitrogens with one attached hydrogen (secondary N) is 1. The molecule has 0 atom stereocenters. The number of sulfonamides is 1. The molecule has 0 spiro atoms. The fourth-order valence-corrected chi connectivity index (χ4v) is 3.21. The molecule has 1 aromatic carbocycles. The van der Waals surface area contributed by atoms with Crippen molar-refractivity contribution in [2.45, 2.75) is 11.8 Å². The lowest BCUT2D eigenvalue weighted by molar-refractivity contribution is 0.585. The predicted molar refractivity (Wildman–Crippen MR) is 72.4 cm³/mol. The molecule has 0 unspecified atom stereocenters. The molecule has 4 nitrogen and oxygen atoms in total. The highest BCUT2D eigenvalue weighted by molar-refractivity contribution is 7.89. The van der Waals surface area contributed by atoms with Gasteiger partial charge in [-0.2, -0.15) is 0 Å². The van der Waals surface area contributed by atoms with Crippen molar-refractivity contribution in [2.24, 2.45) is 0 Å². The molecule has 6 heteroatoms. The number of fused-ring (bicyclic) bond motifs is 1. The van der Waals surface area contributed by atoms with Gasteiger partial charge in [-0.15, -0.1) is 11.6 Å². The van der Waals surface area contributed by atoms with Gasteiger partial charge in [0.05, 0.1) is 10.4 Å². The Bertz CT molecular complexity index is 671. The first-order valence-corrected chi connectivity index (χ1v) is 7.48. The molecule has 96 valence electrons. The van der Waals surface area contributed by atoms with Crippen LogP contribution in [-0.4, -0.2) is 25.8 Å². The summed E-state index contributed by atoms with van der Waals surface area (Å²) in [5.41, 5.74) is 1.65. The Labute approximate surface area is 111 Å². The molecule has 0 aliphatic heterocycles. The topological polar surface area (TPSA) is 59.1 Å². The zero-order valence-corrected chi connectivity index (χ0v) is 11.4. The van der Waals surface area contributed by atoms with Crippen LogP contribution in [0.2, 0.25) is 0 Å². The molecule has 1 heterocycles. The van der Waals surface area contributed by atoms with Crippen molar-refractivity contribution >= 4 is 32.5 Å². The molecular weight excluding hydrogens is 272 g/mol. The van der Waals surface area contributed by atoms with Crippen LogP contribution in [0.1, 0.15) is 5.56 Å². The van der Waals surface area contributed by atoms with E-state index >= 15 is 0 Å². The zero-order valence-electron chi connectivity index (χ0n) is 9.85. The average molecular weight is 285 g/mol. The molecule has 2 rings (SSSR count). The minimum Gasteiger partial charge on any atom is -0.256 e. The fourth-order valence-electron chi connectivity index (χ4n) is 1.77. The van der Waals surface area contributed by atoms with Crippen LogP contribution in [0, 0.1) is 6.92 Å². The van der Waals surface area contributed by atoms with E-state index in [1.54, 1.807) is 30.5 Å². The summed E-state index contributed by atoms with van der Waals surface area (Å²) in [6.07, 6.45) is 1.65. The van der Waals surface area contributed by atoms with Crippen molar-refractivity contribution in [3.63, 3.8) is 0 Å². The molecular formula is C12H13ClN2O2S. The van der Waals surface area contributed by atoms with Crippen molar-refractivity contribution in [1.29, 1.82) is 0 Å². The van der Waals surface area contributed by atoms with Crippen LogP contribution in [0.5, 0.6) is 0 Å². The molecule has 0 bridgehead atoms. The molecule has 0 aliphatic rings. The van der Waals surface area contributed by atoms with E-state index in [0.717, 1.165) is 5.56 Å². The van der Waals surface area contributed by atoms with Crippen LogP contribution in [0.25, 0.3) is 10.9 Å². The number of halogens is 1. The van der Waals surface area contributed by atoms with Gasteiger partial charge in [-0.1, -0.05) is 6.07 Å².